The minimum absolute atomic E-state index is 0.0438. The second-order valence-electron chi connectivity index (χ2n) is 6.78. The summed E-state index contributed by atoms with van der Waals surface area (Å²) in [5.41, 5.74) is 1.86. The Morgan fingerprint density at radius 1 is 0.962 bits per heavy atom. The number of benzene rings is 2. The molecule has 1 N–H and O–H groups in total. The highest BCUT2D eigenvalue weighted by atomic mass is 35.5. The number of anilines is 1. The second kappa shape index (κ2) is 8.72. The van der Waals surface area contributed by atoms with Gasteiger partial charge in [-0.1, -0.05) is 44.5 Å². The Bertz CT molecular complexity index is 749. The molecular formula is C20H22ClNO4. The van der Waals surface area contributed by atoms with E-state index in [2.05, 4.69) is 26.1 Å². The standard InChI is InChI=1S/C20H22ClNO4/c1-20(2,3)14-4-8-16(9-5-14)22-18(23)12-26-19(24)13-25-17-10-6-15(21)7-11-17/h4-11H,12-13H2,1-3H3,(H,22,23). The first-order valence-corrected chi connectivity index (χ1v) is 8.56. The second-order valence-corrected chi connectivity index (χ2v) is 7.22. The Morgan fingerprint density at radius 2 is 1.58 bits per heavy atom. The Labute approximate surface area is 158 Å². The molecule has 1 amide bonds. The van der Waals surface area contributed by atoms with Gasteiger partial charge < -0.3 is 14.8 Å². The van der Waals surface area contributed by atoms with Crippen LogP contribution in [0, 0.1) is 0 Å². The van der Waals surface area contributed by atoms with Gasteiger partial charge in [-0.25, -0.2) is 4.79 Å². The van der Waals surface area contributed by atoms with Crippen LogP contribution in [0.25, 0.3) is 0 Å². The molecule has 0 aromatic heterocycles. The smallest absolute Gasteiger partial charge is 0.344 e. The van der Waals surface area contributed by atoms with Crippen molar-refractivity contribution < 1.29 is 19.1 Å². The van der Waals surface area contributed by atoms with Crippen molar-refractivity contribution in [1.29, 1.82) is 0 Å². The van der Waals surface area contributed by atoms with E-state index in [9.17, 15) is 9.59 Å². The van der Waals surface area contributed by atoms with Gasteiger partial charge in [0.05, 0.1) is 0 Å². The van der Waals surface area contributed by atoms with Crippen molar-refractivity contribution in [2.45, 2.75) is 26.2 Å². The average molecular weight is 376 g/mol. The molecule has 0 aliphatic carbocycles. The van der Waals surface area contributed by atoms with E-state index in [4.69, 9.17) is 21.1 Å². The molecule has 0 saturated carbocycles. The van der Waals surface area contributed by atoms with Crippen LogP contribution in [0.5, 0.6) is 5.75 Å². The molecule has 0 radical (unpaired) electrons. The van der Waals surface area contributed by atoms with Gasteiger partial charge in [-0.05, 0) is 47.4 Å². The van der Waals surface area contributed by atoms with Crippen molar-refractivity contribution in [3.8, 4) is 5.75 Å². The maximum absolute atomic E-state index is 11.9. The molecular weight excluding hydrogens is 354 g/mol. The van der Waals surface area contributed by atoms with Crippen LogP contribution in [0.4, 0.5) is 5.69 Å². The van der Waals surface area contributed by atoms with E-state index in [0.29, 0.717) is 16.5 Å². The van der Waals surface area contributed by atoms with Gasteiger partial charge in [0.2, 0.25) is 0 Å². The monoisotopic (exact) mass is 375 g/mol. The predicted molar refractivity (Wildman–Crippen MR) is 102 cm³/mol. The summed E-state index contributed by atoms with van der Waals surface area (Å²) >= 11 is 5.76. The molecule has 0 heterocycles. The lowest BCUT2D eigenvalue weighted by molar-refractivity contribution is -0.149. The molecule has 5 nitrogen and oxygen atoms in total. The summed E-state index contributed by atoms with van der Waals surface area (Å²) in [5.74, 6) is -0.540. The summed E-state index contributed by atoms with van der Waals surface area (Å²) in [6.07, 6.45) is 0. The molecule has 6 heteroatoms. The third kappa shape index (κ3) is 6.41. The summed E-state index contributed by atoms with van der Waals surface area (Å²) < 4.78 is 10.2. The van der Waals surface area contributed by atoms with Crippen LogP contribution in [0.2, 0.25) is 5.02 Å². The van der Waals surface area contributed by atoms with Gasteiger partial charge in [0.25, 0.3) is 5.91 Å². The van der Waals surface area contributed by atoms with Crippen molar-refractivity contribution in [3.05, 3.63) is 59.1 Å². The maximum Gasteiger partial charge on any atom is 0.344 e. The molecule has 0 spiro atoms. The van der Waals surface area contributed by atoms with E-state index >= 15 is 0 Å². The Morgan fingerprint density at radius 3 is 2.15 bits per heavy atom. The van der Waals surface area contributed by atoms with E-state index in [-0.39, 0.29) is 18.6 Å². The molecule has 0 atom stereocenters. The van der Waals surface area contributed by atoms with Crippen LogP contribution in [-0.4, -0.2) is 25.1 Å². The summed E-state index contributed by atoms with van der Waals surface area (Å²) in [6, 6.07) is 14.2. The van der Waals surface area contributed by atoms with Gasteiger partial charge in [0.15, 0.2) is 13.2 Å². The zero-order chi connectivity index (χ0) is 19.2. The number of esters is 1. The van der Waals surface area contributed by atoms with Gasteiger partial charge in [-0.3, -0.25) is 4.79 Å². The Balaban J connectivity index is 1.74. The van der Waals surface area contributed by atoms with Crippen LogP contribution in [0.3, 0.4) is 0 Å². The lowest BCUT2D eigenvalue weighted by atomic mass is 9.87. The number of nitrogens with one attached hydrogen (secondary N) is 1. The molecule has 2 aromatic carbocycles. The number of hydrogen-bond acceptors (Lipinski definition) is 4. The molecule has 2 aromatic rings. The SMILES string of the molecule is CC(C)(C)c1ccc(NC(=O)COC(=O)COc2ccc(Cl)cc2)cc1. The van der Waals surface area contributed by atoms with Crippen molar-refractivity contribution in [2.24, 2.45) is 0 Å². The summed E-state index contributed by atoms with van der Waals surface area (Å²) in [4.78, 5) is 23.5. The molecule has 26 heavy (non-hydrogen) atoms. The fourth-order valence-electron chi connectivity index (χ4n) is 2.11. The van der Waals surface area contributed by atoms with Crippen LogP contribution < -0.4 is 10.1 Å². The number of ether oxygens (including phenoxy) is 2. The van der Waals surface area contributed by atoms with Crippen LogP contribution >= 0.6 is 11.6 Å². The third-order valence-corrected chi connectivity index (χ3v) is 3.82. The van der Waals surface area contributed by atoms with Gasteiger partial charge in [-0.2, -0.15) is 0 Å². The zero-order valence-corrected chi connectivity index (χ0v) is 15.8. The van der Waals surface area contributed by atoms with Gasteiger partial charge in [0, 0.05) is 10.7 Å². The number of carbonyl (C=O) groups excluding carboxylic acids is 2. The maximum atomic E-state index is 11.9. The normalized spacial score (nSPS) is 10.9. The average Bonchev–Trinajstić information content (AvgIpc) is 2.59. The van der Waals surface area contributed by atoms with Crippen molar-refractivity contribution in [3.63, 3.8) is 0 Å². The summed E-state index contributed by atoms with van der Waals surface area (Å²) in [6.45, 7) is 5.70. The largest absolute Gasteiger partial charge is 0.482 e. The van der Waals surface area contributed by atoms with Crippen molar-refractivity contribution in [2.75, 3.05) is 18.5 Å². The van der Waals surface area contributed by atoms with Gasteiger partial charge in [-0.15, -0.1) is 0 Å². The third-order valence-electron chi connectivity index (χ3n) is 3.57. The fourth-order valence-corrected chi connectivity index (χ4v) is 2.24. The predicted octanol–water partition coefficient (Wildman–Crippen LogP) is 4.20. The quantitative estimate of drug-likeness (QED) is 0.768. The zero-order valence-electron chi connectivity index (χ0n) is 15.0. The molecule has 0 fully saturated rings. The first-order chi connectivity index (χ1) is 12.2. The molecule has 2 rings (SSSR count). The first-order valence-electron chi connectivity index (χ1n) is 8.18. The van der Waals surface area contributed by atoms with Crippen LogP contribution in [-0.2, 0) is 19.7 Å². The molecule has 0 saturated heterocycles. The first kappa shape index (κ1) is 19.8. The Hall–Kier alpha value is -2.53. The number of rotatable bonds is 6. The highest BCUT2D eigenvalue weighted by Gasteiger charge is 2.13. The van der Waals surface area contributed by atoms with E-state index in [1.165, 1.54) is 5.56 Å². The van der Waals surface area contributed by atoms with Gasteiger partial charge in [0.1, 0.15) is 5.75 Å². The number of halogens is 1. The van der Waals surface area contributed by atoms with Crippen LogP contribution in [0.1, 0.15) is 26.3 Å². The fraction of sp³-hybridized carbons (Fsp3) is 0.300. The highest BCUT2D eigenvalue weighted by Crippen LogP contribution is 2.23. The number of carbonyl (C=O) groups is 2. The van der Waals surface area contributed by atoms with E-state index < -0.39 is 11.9 Å². The molecule has 0 aliphatic heterocycles. The summed E-state index contributed by atoms with van der Waals surface area (Å²) in [7, 11) is 0. The highest BCUT2D eigenvalue weighted by molar-refractivity contribution is 6.30. The van der Waals surface area contributed by atoms with Crippen molar-refractivity contribution in [1.82, 2.24) is 0 Å². The van der Waals surface area contributed by atoms with E-state index in [1.807, 2.05) is 24.3 Å². The van der Waals surface area contributed by atoms with E-state index in [1.54, 1.807) is 24.3 Å². The topological polar surface area (TPSA) is 64.6 Å². The van der Waals surface area contributed by atoms with Gasteiger partial charge >= 0.3 is 5.97 Å². The number of amides is 1. The molecule has 138 valence electrons. The minimum atomic E-state index is -0.627. The lowest BCUT2D eigenvalue weighted by Gasteiger charge is -2.19. The molecule has 0 bridgehead atoms. The van der Waals surface area contributed by atoms with Crippen LogP contribution in [0.15, 0.2) is 48.5 Å². The minimum Gasteiger partial charge on any atom is -0.482 e. The summed E-state index contributed by atoms with van der Waals surface area (Å²) in [5, 5.41) is 3.26. The lowest BCUT2D eigenvalue weighted by Crippen LogP contribution is -2.23. The Kier molecular flexibility index (Phi) is 6.64. The molecule has 0 unspecified atom stereocenters. The number of hydrogen-bond donors (Lipinski definition) is 1. The van der Waals surface area contributed by atoms with E-state index in [0.717, 1.165) is 0 Å². The molecule has 0 aliphatic rings. The van der Waals surface area contributed by atoms with Crippen molar-refractivity contribution >= 4 is 29.2 Å².